The van der Waals surface area contributed by atoms with E-state index in [0.29, 0.717) is 43.4 Å². The summed E-state index contributed by atoms with van der Waals surface area (Å²) in [7, 11) is 0. The maximum absolute atomic E-state index is 13.4. The second kappa shape index (κ2) is 11.2. The summed E-state index contributed by atoms with van der Waals surface area (Å²) in [5.41, 5.74) is 2.52. The van der Waals surface area contributed by atoms with E-state index in [1.54, 1.807) is 0 Å². The first kappa shape index (κ1) is 23.8. The molecule has 2 aliphatic rings. The lowest BCUT2D eigenvalue weighted by Gasteiger charge is -2.33. The number of nitrogens with zero attached hydrogens (tertiary/aromatic N) is 3. The third-order valence-corrected chi connectivity index (χ3v) is 7.45. The number of β-amino-alcohol motifs (C(OH)–C–C–N with tert-alkyl or cyclic N) is 1. The van der Waals surface area contributed by atoms with Gasteiger partial charge >= 0.3 is 0 Å². The van der Waals surface area contributed by atoms with Crippen LogP contribution >= 0.6 is 11.3 Å². The van der Waals surface area contributed by atoms with Crippen molar-refractivity contribution in [1.82, 2.24) is 14.7 Å². The highest BCUT2D eigenvalue weighted by atomic mass is 32.1. The zero-order valence-electron chi connectivity index (χ0n) is 19.1. The number of anilines is 1. The first-order valence-electron chi connectivity index (χ1n) is 11.5. The molecule has 0 atom stereocenters. The van der Waals surface area contributed by atoms with Crippen molar-refractivity contribution in [3.8, 4) is 10.4 Å². The van der Waals surface area contributed by atoms with Gasteiger partial charge in [-0.1, -0.05) is 30.3 Å². The van der Waals surface area contributed by atoms with Crippen LogP contribution in [0.2, 0.25) is 0 Å². The van der Waals surface area contributed by atoms with Crippen molar-refractivity contribution in [2.75, 3.05) is 77.5 Å². The molecule has 2 aliphatic heterocycles. The van der Waals surface area contributed by atoms with Crippen LogP contribution in [0.1, 0.15) is 15.9 Å². The fraction of sp³-hybridized carbons (Fsp3) is 0.500. The van der Waals surface area contributed by atoms with Gasteiger partial charge in [0.05, 0.1) is 31.9 Å². The smallest absolute Gasteiger partial charge is 0.257 e. The third-order valence-electron chi connectivity index (χ3n) is 6.20. The Morgan fingerprint density at radius 2 is 1.70 bits per heavy atom. The van der Waals surface area contributed by atoms with E-state index in [1.807, 2.05) is 42.2 Å². The van der Waals surface area contributed by atoms with E-state index in [0.717, 1.165) is 42.2 Å². The number of thiophene rings is 1. The van der Waals surface area contributed by atoms with E-state index in [2.05, 4.69) is 15.1 Å². The van der Waals surface area contributed by atoms with Gasteiger partial charge in [0, 0.05) is 50.7 Å². The Morgan fingerprint density at radius 3 is 2.36 bits per heavy atom. The highest BCUT2D eigenvalue weighted by Crippen LogP contribution is 2.40. The number of piperazine rings is 1. The van der Waals surface area contributed by atoms with Crippen LogP contribution in [-0.2, 0) is 9.53 Å². The summed E-state index contributed by atoms with van der Waals surface area (Å²) in [4.78, 5) is 33.5. The number of aliphatic hydroxyl groups excluding tert-OH is 1. The largest absolute Gasteiger partial charge is 0.395 e. The Hall–Kier alpha value is -2.30. The van der Waals surface area contributed by atoms with Crippen LogP contribution in [0.4, 0.5) is 5.00 Å². The van der Waals surface area contributed by atoms with Gasteiger partial charge in [-0.25, -0.2) is 0 Å². The molecule has 2 saturated heterocycles. The Morgan fingerprint density at radius 1 is 1.03 bits per heavy atom. The summed E-state index contributed by atoms with van der Waals surface area (Å²) in [6, 6.07) is 9.98. The molecule has 2 N–H and O–H groups in total. The fourth-order valence-electron chi connectivity index (χ4n) is 4.33. The number of aliphatic hydroxyl groups is 1. The lowest BCUT2D eigenvalue weighted by Crippen LogP contribution is -2.49. The molecule has 2 fully saturated rings. The number of carbonyl (C=O) groups is 2. The molecule has 8 nitrogen and oxygen atoms in total. The van der Waals surface area contributed by atoms with Crippen LogP contribution in [0.3, 0.4) is 0 Å². The molecular formula is C24H32N4O4S. The van der Waals surface area contributed by atoms with Gasteiger partial charge in [-0.2, -0.15) is 0 Å². The zero-order chi connectivity index (χ0) is 23.2. The quantitative estimate of drug-likeness (QED) is 0.639. The minimum Gasteiger partial charge on any atom is -0.395 e. The number of carbonyl (C=O) groups excluding carboxylic acids is 2. The predicted octanol–water partition coefficient (Wildman–Crippen LogP) is 1.74. The Bertz CT molecular complexity index is 951. The standard InChI is InChI=1S/C24H32N4O4S/c1-18-21(24(31)28-12-15-32-16-13-28)23(33-22(18)19-5-3-2-4-6-19)25-20(30)17-27-9-7-26(8-10-27)11-14-29/h2-6,29H,7-17H2,1H3,(H,25,30). The molecule has 2 aromatic rings. The highest BCUT2D eigenvalue weighted by molar-refractivity contribution is 7.20. The molecule has 3 heterocycles. The molecule has 0 unspecified atom stereocenters. The van der Waals surface area contributed by atoms with Crippen LogP contribution in [0.15, 0.2) is 30.3 Å². The molecular weight excluding hydrogens is 440 g/mol. The van der Waals surface area contributed by atoms with Gasteiger partial charge in [-0.3, -0.25) is 19.4 Å². The maximum Gasteiger partial charge on any atom is 0.257 e. The minimum absolute atomic E-state index is 0.0536. The van der Waals surface area contributed by atoms with Crippen LogP contribution in [-0.4, -0.2) is 104 Å². The molecule has 1 aromatic heterocycles. The lowest BCUT2D eigenvalue weighted by atomic mass is 10.1. The molecule has 33 heavy (non-hydrogen) atoms. The van der Waals surface area contributed by atoms with Gasteiger partial charge in [0.15, 0.2) is 0 Å². The lowest BCUT2D eigenvalue weighted by molar-refractivity contribution is -0.117. The number of morpholine rings is 1. The van der Waals surface area contributed by atoms with Gasteiger partial charge in [0.1, 0.15) is 5.00 Å². The molecule has 9 heteroatoms. The van der Waals surface area contributed by atoms with Gasteiger partial charge in [0.25, 0.3) is 5.91 Å². The van der Waals surface area contributed by atoms with Gasteiger partial charge < -0.3 is 20.1 Å². The van der Waals surface area contributed by atoms with Gasteiger partial charge in [-0.05, 0) is 18.1 Å². The molecule has 2 amide bonds. The number of hydrogen-bond donors (Lipinski definition) is 2. The van der Waals surface area contributed by atoms with Crippen molar-refractivity contribution in [1.29, 1.82) is 0 Å². The normalized spacial score (nSPS) is 17.8. The average Bonchev–Trinajstić information content (AvgIpc) is 3.16. The van der Waals surface area contributed by atoms with Gasteiger partial charge in [0.2, 0.25) is 5.91 Å². The summed E-state index contributed by atoms with van der Waals surface area (Å²) in [6.07, 6.45) is 0. The van der Waals surface area contributed by atoms with Crippen LogP contribution < -0.4 is 5.32 Å². The highest BCUT2D eigenvalue weighted by Gasteiger charge is 2.28. The topological polar surface area (TPSA) is 85.3 Å². The summed E-state index contributed by atoms with van der Waals surface area (Å²) in [5, 5.41) is 12.8. The van der Waals surface area contributed by atoms with Crippen molar-refractivity contribution in [3.63, 3.8) is 0 Å². The van der Waals surface area contributed by atoms with Crippen LogP contribution in [0, 0.1) is 6.92 Å². The second-order valence-electron chi connectivity index (χ2n) is 8.42. The molecule has 178 valence electrons. The minimum atomic E-state index is -0.109. The Balaban J connectivity index is 1.52. The van der Waals surface area contributed by atoms with E-state index in [9.17, 15) is 9.59 Å². The number of hydrogen-bond acceptors (Lipinski definition) is 7. The van der Waals surface area contributed by atoms with E-state index in [1.165, 1.54) is 11.3 Å². The first-order valence-corrected chi connectivity index (χ1v) is 12.3. The van der Waals surface area contributed by atoms with Crippen molar-refractivity contribution in [2.45, 2.75) is 6.92 Å². The molecule has 0 spiro atoms. The summed E-state index contributed by atoms with van der Waals surface area (Å²) >= 11 is 1.46. The molecule has 0 bridgehead atoms. The maximum atomic E-state index is 13.4. The number of nitrogens with one attached hydrogen (secondary N) is 1. The monoisotopic (exact) mass is 472 g/mol. The summed E-state index contributed by atoms with van der Waals surface area (Å²) in [6.45, 7) is 8.49. The molecule has 0 aliphatic carbocycles. The third kappa shape index (κ3) is 5.80. The average molecular weight is 473 g/mol. The van der Waals surface area contributed by atoms with E-state index < -0.39 is 0 Å². The molecule has 0 saturated carbocycles. The van der Waals surface area contributed by atoms with Crippen molar-refractivity contribution in [2.24, 2.45) is 0 Å². The molecule has 1 aromatic carbocycles. The van der Waals surface area contributed by atoms with E-state index >= 15 is 0 Å². The van der Waals surface area contributed by atoms with Crippen LogP contribution in [0.25, 0.3) is 10.4 Å². The van der Waals surface area contributed by atoms with E-state index in [4.69, 9.17) is 9.84 Å². The number of rotatable bonds is 7. The van der Waals surface area contributed by atoms with Crippen LogP contribution in [0.5, 0.6) is 0 Å². The Labute approximate surface area is 198 Å². The SMILES string of the molecule is Cc1c(-c2ccccc2)sc(NC(=O)CN2CCN(CCO)CC2)c1C(=O)N1CCOCC1. The van der Waals surface area contributed by atoms with Gasteiger partial charge in [-0.15, -0.1) is 11.3 Å². The zero-order valence-corrected chi connectivity index (χ0v) is 19.9. The second-order valence-corrected chi connectivity index (χ2v) is 9.44. The Kier molecular flexibility index (Phi) is 8.11. The molecule has 0 radical (unpaired) electrons. The van der Waals surface area contributed by atoms with Crippen molar-refractivity contribution >= 4 is 28.2 Å². The van der Waals surface area contributed by atoms with E-state index in [-0.39, 0.29) is 25.0 Å². The predicted molar refractivity (Wildman–Crippen MR) is 130 cm³/mol. The first-order chi connectivity index (χ1) is 16.1. The number of benzene rings is 1. The molecule has 4 rings (SSSR count). The summed E-state index contributed by atoms with van der Waals surface area (Å²) in [5.74, 6) is -0.162. The summed E-state index contributed by atoms with van der Waals surface area (Å²) < 4.78 is 5.41. The fourth-order valence-corrected chi connectivity index (χ4v) is 5.55. The number of amides is 2. The van der Waals surface area contributed by atoms with Crippen molar-refractivity contribution < 1.29 is 19.4 Å². The van der Waals surface area contributed by atoms with Crippen molar-refractivity contribution in [3.05, 3.63) is 41.5 Å². The number of ether oxygens (including phenoxy) is 1.